The molecule has 0 atom stereocenters. The Morgan fingerprint density at radius 1 is 1.20 bits per heavy atom. The molecule has 0 aromatic carbocycles. The normalized spacial score (nSPS) is 12.6. The molecule has 0 radical (unpaired) electrons. The van der Waals surface area contributed by atoms with Crippen LogP contribution in [0.5, 0.6) is 0 Å². The molecule has 0 bridgehead atoms. The first-order valence-corrected chi connectivity index (χ1v) is 8.16. The Balaban J connectivity index is 2.32. The van der Waals surface area contributed by atoms with Crippen molar-refractivity contribution < 1.29 is 0 Å². The van der Waals surface area contributed by atoms with E-state index in [-0.39, 0.29) is 5.54 Å². The fourth-order valence-corrected chi connectivity index (χ4v) is 2.58. The predicted molar refractivity (Wildman–Crippen MR) is 88.2 cm³/mol. The molecule has 116 valence electrons. The maximum absolute atomic E-state index is 4.70. The topological polar surface area (TPSA) is 31.4 Å². The van der Waals surface area contributed by atoms with Gasteiger partial charge in [0.15, 0.2) is 0 Å². The van der Waals surface area contributed by atoms with Crippen LogP contribution in [0.3, 0.4) is 0 Å². The van der Waals surface area contributed by atoms with E-state index < -0.39 is 0 Å². The molecule has 0 amide bonds. The molecule has 1 rings (SSSR count). The van der Waals surface area contributed by atoms with Gasteiger partial charge >= 0.3 is 0 Å². The molecule has 0 aliphatic rings. The van der Waals surface area contributed by atoms with Crippen molar-refractivity contribution >= 4 is 11.3 Å². The molecule has 0 aliphatic heterocycles. The number of nitrogens with one attached hydrogen (secondary N) is 1. The molecule has 0 aliphatic carbocycles. The number of nitrogens with zero attached hydrogens (tertiary/aromatic N) is 3. The zero-order valence-corrected chi connectivity index (χ0v) is 14.7. The van der Waals surface area contributed by atoms with Crippen LogP contribution in [0.1, 0.15) is 37.9 Å². The van der Waals surface area contributed by atoms with Crippen molar-refractivity contribution in [3.63, 3.8) is 0 Å². The number of aromatic nitrogens is 1. The number of thiazole rings is 1. The molecule has 1 heterocycles. The smallest absolute Gasteiger partial charge is 0.107 e. The minimum absolute atomic E-state index is 0.148. The summed E-state index contributed by atoms with van der Waals surface area (Å²) in [6.45, 7) is 10.6. The predicted octanol–water partition coefficient (Wildman–Crippen LogP) is 2.41. The lowest BCUT2D eigenvalue weighted by Crippen LogP contribution is -2.35. The Bertz CT molecular complexity index is 381. The summed E-state index contributed by atoms with van der Waals surface area (Å²) in [5, 5.41) is 6.84. The molecule has 0 unspecified atom stereocenters. The van der Waals surface area contributed by atoms with Crippen LogP contribution in [0.2, 0.25) is 0 Å². The summed E-state index contributed by atoms with van der Waals surface area (Å²) in [7, 11) is 6.41. The SMILES string of the molecule is CN(C)CCCN(C)Cc1csc(CNC(C)(C)C)n1. The highest BCUT2D eigenvalue weighted by atomic mass is 32.1. The van der Waals surface area contributed by atoms with Crippen molar-refractivity contribution in [2.45, 2.75) is 45.8 Å². The van der Waals surface area contributed by atoms with Crippen LogP contribution in [0.4, 0.5) is 0 Å². The number of hydrogen-bond donors (Lipinski definition) is 1. The quantitative estimate of drug-likeness (QED) is 0.798. The number of hydrogen-bond acceptors (Lipinski definition) is 5. The first kappa shape index (κ1) is 17.6. The van der Waals surface area contributed by atoms with Crippen molar-refractivity contribution in [2.75, 3.05) is 34.2 Å². The zero-order chi connectivity index (χ0) is 15.2. The number of rotatable bonds is 8. The molecule has 1 N–H and O–H groups in total. The van der Waals surface area contributed by atoms with Crippen LogP contribution < -0.4 is 5.32 Å². The van der Waals surface area contributed by atoms with Gasteiger partial charge in [-0.2, -0.15) is 0 Å². The molecule has 4 nitrogen and oxygen atoms in total. The summed E-state index contributed by atoms with van der Waals surface area (Å²) in [5.41, 5.74) is 1.34. The van der Waals surface area contributed by atoms with Gasteiger partial charge < -0.3 is 15.1 Å². The van der Waals surface area contributed by atoms with Gasteiger partial charge in [-0.15, -0.1) is 11.3 Å². The Kier molecular flexibility index (Phi) is 7.09. The van der Waals surface area contributed by atoms with Gasteiger partial charge in [-0.25, -0.2) is 4.98 Å². The molecule has 1 aromatic heterocycles. The monoisotopic (exact) mass is 298 g/mol. The molecule has 0 fully saturated rings. The summed E-state index contributed by atoms with van der Waals surface area (Å²) in [4.78, 5) is 9.28. The lowest BCUT2D eigenvalue weighted by atomic mass is 10.1. The lowest BCUT2D eigenvalue weighted by molar-refractivity contribution is 0.292. The van der Waals surface area contributed by atoms with Crippen molar-refractivity contribution in [1.29, 1.82) is 0 Å². The van der Waals surface area contributed by atoms with Crippen molar-refractivity contribution in [3.8, 4) is 0 Å². The second-order valence-electron chi connectivity index (χ2n) is 6.73. The Hall–Kier alpha value is -0.490. The second-order valence-corrected chi connectivity index (χ2v) is 7.67. The van der Waals surface area contributed by atoms with E-state index in [1.54, 1.807) is 11.3 Å². The molecule has 20 heavy (non-hydrogen) atoms. The highest BCUT2D eigenvalue weighted by Crippen LogP contribution is 2.12. The molecule has 0 saturated carbocycles. The van der Waals surface area contributed by atoms with Gasteiger partial charge in [0.25, 0.3) is 0 Å². The summed E-state index contributed by atoms with van der Waals surface area (Å²) in [6.07, 6.45) is 1.20. The van der Waals surface area contributed by atoms with Crippen molar-refractivity contribution in [2.24, 2.45) is 0 Å². The van der Waals surface area contributed by atoms with Crippen molar-refractivity contribution in [1.82, 2.24) is 20.1 Å². The third kappa shape index (κ3) is 7.94. The summed E-state index contributed by atoms with van der Waals surface area (Å²) >= 11 is 1.75. The van der Waals surface area contributed by atoms with Crippen LogP contribution in [-0.2, 0) is 13.1 Å². The third-order valence-corrected chi connectivity index (χ3v) is 3.84. The van der Waals surface area contributed by atoms with Gasteiger partial charge in [-0.05, 0) is 61.4 Å². The Labute approximate surface area is 128 Å². The first-order valence-electron chi connectivity index (χ1n) is 7.28. The summed E-state index contributed by atoms with van der Waals surface area (Å²) in [6, 6.07) is 0. The third-order valence-electron chi connectivity index (χ3n) is 2.95. The van der Waals surface area contributed by atoms with Crippen LogP contribution >= 0.6 is 11.3 Å². The van der Waals surface area contributed by atoms with E-state index in [2.05, 4.69) is 62.4 Å². The van der Waals surface area contributed by atoms with Gasteiger partial charge in [0.2, 0.25) is 0 Å². The standard InChI is InChI=1S/C15H30N4S/c1-15(2,3)16-10-14-17-13(12-20-14)11-19(6)9-7-8-18(4)5/h12,16H,7-11H2,1-6H3. The highest BCUT2D eigenvalue weighted by Gasteiger charge is 2.11. The fraction of sp³-hybridized carbons (Fsp3) is 0.800. The Morgan fingerprint density at radius 2 is 1.90 bits per heavy atom. The van der Waals surface area contributed by atoms with E-state index in [1.807, 2.05) is 0 Å². The minimum atomic E-state index is 0.148. The molecular formula is C15H30N4S. The molecule has 0 spiro atoms. The highest BCUT2D eigenvalue weighted by molar-refractivity contribution is 7.09. The van der Waals surface area contributed by atoms with Gasteiger partial charge in [-0.1, -0.05) is 0 Å². The maximum atomic E-state index is 4.70. The average molecular weight is 299 g/mol. The van der Waals surface area contributed by atoms with E-state index in [9.17, 15) is 0 Å². The van der Waals surface area contributed by atoms with Gasteiger partial charge in [0.05, 0.1) is 5.69 Å². The molecule has 0 saturated heterocycles. The van der Waals surface area contributed by atoms with Crippen LogP contribution in [0, 0.1) is 0 Å². The lowest BCUT2D eigenvalue weighted by Gasteiger charge is -2.19. The van der Waals surface area contributed by atoms with E-state index in [0.29, 0.717) is 0 Å². The molecule has 1 aromatic rings. The van der Waals surface area contributed by atoms with Gasteiger partial charge in [0, 0.05) is 24.0 Å². The molecule has 5 heteroatoms. The average Bonchev–Trinajstić information content (AvgIpc) is 2.72. The van der Waals surface area contributed by atoms with Crippen LogP contribution in [0.25, 0.3) is 0 Å². The van der Waals surface area contributed by atoms with Gasteiger partial charge in [0.1, 0.15) is 5.01 Å². The molecular weight excluding hydrogens is 268 g/mol. The minimum Gasteiger partial charge on any atom is -0.309 e. The Morgan fingerprint density at radius 3 is 2.50 bits per heavy atom. The summed E-state index contributed by atoms with van der Waals surface area (Å²) < 4.78 is 0. The van der Waals surface area contributed by atoms with Crippen LogP contribution in [-0.4, -0.2) is 54.6 Å². The fourth-order valence-electron chi connectivity index (χ4n) is 1.86. The van der Waals surface area contributed by atoms with E-state index in [4.69, 9.17) is 4.98 Å². The largest absolute Gasteiger partial charge is 0.309 e. The van der Waals surface area contributed by atoms with Gasteiger partial charge in [-0.3, -0.25) is 0 Å². The first-order chi connectivity index (χ1) is 9.26. The zero-order valence-electron chi connectivity index (χ0n) is 13.9. The maximum Gasteiger partial charge on any atom is 0.107 e. The van der Waals surface area contributed by atoms with Crippen LogP contribution in [0.15, 0.2) is 5.38 Å². The van der Waals surface area contributed by atoms with E-state index in [0.717, 1.165) is 26.2 Å². The van der Waals surface area contributed by atoms with Crippen molar-refractivity contribution in [3.05, 3.63) is 16.1 Å². The van der Waals surface area contributed by atoms with E-state index >= 15 is 0 Å². The van der Waals surface area contributed by atoms with E-state index in [1.165, 1.54) is 17.1 Å². The summed E-state index contributed by atoms with van der Waals surface area (Å²) in [5.74, 6) is 0. The second kappa shape index (κ2) is 8.08.